The van der Waals surface area contributed by atoms with Crippen LogP contribution in [-0.2, 0) is 19.1 Å². The van der Waals surface area contributed by atoms with E-state index in [-0.39, 0.29) is 58.6 Å². The van der Waals surface area contributed by atoms with E-state index in [4.69, 9.17) is 4.74 Å². The highest BCUT2D eigenvalue weighted by atomic mass is 16.5. The monoisotopic (exact) mass is 400 g/mol. The van der Waals surface area contributed by atoms with Crippen LogP contribution < -0.4 is 0 Å². The van der Waals surface area contributed by atoms with Gasteiger partial charge in [0.1, 0.15) is 6.61 Å². The van der Waals surface area contributed by atoms with Crippen molar-refractivity contribution in [3.8, 4) is 0 Å². The van der Waals surface area contributed by atoms with Gasteiger partial charge in [-0.1, -0.05) is 40.2 Å². The fraction of sp³-hybridized carbons (Fsp3) is 0.800. The first kappa shape index (κ1) is 20.8. The topological polar surface area (TPSA) is 60.4 Å². The van der Waals surface area contributed by atoms with Crippen molar-refractivity contribution in [2.24, 2.45) is 39.9 Å². The van der Waals surface area contributed by atoms with Gasteiger partial charge in [0, 0.05) is 6.92 Å². The molecular weight excluding hydrogens is 364 g/mol. The fourth-order valence-electron chi connectivity index (χ4n) is 8.38. The molecule has 0 heterocycles. The summed E-state index contributed by atoms with van der Waals surface area (Å²) >= 11 is 0. The minimum Gasteiger partial charge on any atom is -0.465 e. The van der Waals surface area contributed by atoms with Gasteiger partial charge in [0.25, 0.3) is 0 Å². The summed E-state index contributed by atoms with van der Waals surface area (Å²) in [6, 6.07) is 0. The van der Waals surface area contributed by atoms with Crippen LogP contribution in [0.1, 0.15) is 79.1 Å². The zero-order valence-corrected chi connectivity index (χ0v) is 18.5. The normalized spacial score (nSPS) is 46.3. The first-order chi connectivity index (χ1) is 13.7. The second-order valence-corrected chi connectivity index (χ2v) is 10.5. The van der Waals surface area contributed by atoms with E-state index in [1.165, 1.54) is 6.92 Å². The van der Waals surface area contributed by atoms with Crippen LogP contribution in [0.3, 0.4) is 0 Å². The number of fused-ring (bicyclic) bond motifs is 3. The van der Waals surface area contributed by atoms with Crippen LogP contribution in [0, 0.1) is 39.9 Å². The predicted octanol–water partition coefficient (Wildman–Crippen LogP) is 4.90. The number of carbonyl (C=O) groups is 3. The molecule has 29 heavy (non-hydrogen) atoms. The summed E-state index contributed by atoms with van der Waals surface area (Å²) in [4.78, 5) is 39.4. The molecule has 4 heteroatoms. The van der Waals surface area contributed by atoms with Gasteiger partial charge in [0.2, 0.25) is 0 Å². The summed E-state index contributed by atoms with van der Waals surface area (Å²) < 4.78 is 5.48. The molecule has 160 valence electrons. The number of carbonyl (C=O) groups excluding carboxylic acids is 3. The minimum absolute atomic E-state index is 0.0119. The molecule has 4 nitrogen and oxygen atoms in total. The molecule has 7 atom stereocenters. The molecule has 0 aromatic heterocycles. The molecule has 0 radical (unpaired) electrons. The highest BCUT2D eigenvalue weighted by Gasteiger charge is 2.73. The van der Waals surface area contributed by atoms with E-state index < -0.39 is 5.41 Å². The molecule has 5 rings (SSSR count). The van der Waals surface area contributed by atoms with Crippen LogP contribution in [0.25, 0.3) is 0 Å². The lowest BCUT2D eigenvalue weighted by molar-refractivity contribution is -0.208. The Morgan fingerprint density at radius 1 is 1.17 bits per heavy atom. The number of hydrogen-bond acceptors (Lipinski definition) is 4. The van der Waals surface area contributed by atoms with Gasteiger partial charge < -0.3 is 4.74 Å². The molecule has 5 saturated carbocycles. The van der Waals surface area contributed by atoms with Crippen LogP contribution in [0.2, 0.25) is 0 Å². The molecular formula is C25H36O4. The Balaban J connectivity index is 1.91. The molecule has 0 saturated heterocycles. The van der Waals surface area contributed by atoms with Crippen molar-refractivity contribution in [2.75, 3.05) is 6.61 Å². The third kappa shape index (κ3) is 2.53. The standard InChI is InChI=1S/C25H36O4/c1-6-23(5)10-8-11-24(7-2)19-13-17-9-12-25(19,21(27)15(17)3)22(28)18(20(23)24)14-29-16(4)26/h17-20H,3,6-14H2,1-2,4-5H3/t17-,18?,19?,20?,23+,24-,25?/m0/s1. The lowest BCUT2D eigenvalue weighted by Crippen LogP contribution is -2.70. The summed E-state index contributed by atoms with van der Waals surface area (Å²) in [6.45, 7) is 12.4. The van der Waals surface area contributed by atoms with Crippen LogP contribution in [0.15, 0.2) is 12.2 Å². The molecule has 0 aromatic carbocycles. The molecule has 5 aliphatic rings. The Morgan fingerprint density at radius 2 is 1.90 bits per heavy atom. The molecule has 2 bridgehead atoms. The Labute approximate surface area is 174 Å². The Bertz CT molecular complexity index is 769. The van der Waals surface area contributed by atoms with Crippen molar-refractivity contribution in [3.05, 3.63) is 12.2 Å². The van der Waals surface area contributed by atoms with E-state index >= 15 is 0 Å². The average molecular weight is 401 g/mol. The van der Waals surface area contributed by atoms with Gasteiger partial charge in [-0.05, 0) is 72.7 Å². The van der Waals surface area contributed by atoms with E-state index in [2.05, 4.69) is 27.4 Å². The summed E-state index contributed by atoms with van der Waals surface area (Å²) in [5.41, 5.74) is -0.246. The molecule has 0 amide bonds. The second kappa shape index (κ2) is 6.78. The van der Waals surface area contributed by atoms with Crippen molar-refractivity contribution >= 4 is 17.5 Å². The summed E-state index contributed by atoms with van der Waals surface area (Å²) in [5, 5.41) is 0. The summed E-state index contributed by atoms with van der Waals surface area (Å²) in [5.74, 6) is -0.133. The lowest BCUT2D eigenvalue weighted by Gasteiger charge is -2.69. The van der Waals surface area contributed by atoms with E-state index in [1.807, 2.05) is 0 Å². The molecule has 4 unspecified atom stereocenters. The Morgan fingerprint density at radius 3 is 2.52 bits per heavy atom. The number of ether oxygens (including phenoxy) is 1. The second-order valence-electron chi connectivity index (χ2n) is 10.5. The number of rotatable bonds is 4. The minimum atomic E-state index is -0.921. The summed E-state index contributed by atoms with van der Waals surface area (Å²) in [6.07, 6.45) is 7.80. The van der Waals surface area contributed by atoms with Crippen molar-refractivity contribution < 1.29 is 19.1 Å². The molecule has 0 N–H and O–H groups in total. The van der Waals surface area contributed by atoms with E-state index in [9.17, 15) is 14.4 Å². The highest BCUT2D eigenvalue weighted by Crippen LogP contribution is 2.72. The molecule has 1 spiro atoms. The molecule has 5 aliphatic carbocycles. The van der Waals surface area contributed by atoms with Crippen molar-refractivity contribution in [1.82, 2.24) is 0 Å². The smallest absolute Gasteiger partial charge is 0.302 e. The highest BCUT2D eigenvalue weighted by molar-refractivity contribution is 6.17. The molecule has 0 aromatic rings. The number of Topliss-reactive ketones (excluding diaryl/α,β-unsaturated/α-hetero) is 2. The maximum atomic E-state index is 14.2. The van der Waals surface area contributed by atoms with Gasteiger partial charge in [-0.3, -0.25) is 14.4 Å². The largest absolute Gasteiger partial charge is 0.465 e. The number of allylic oxidation sites excluding steroid dienone is 1. The molecule has 0 aliphatic heterocycles. The van der Waals surface area contributed by atoms with E-state index in [1.54, 1.807) is 0 Å². The van der Waals surface area contributed by atoms with Crippen molar-refractivity contribution in [2.45, 2.75) is 79.1 Å². The average Bonchev–Trinajstić information content (AvgIpc) is 2.71. The maximum absolute atomic E-state index is 14.2. The zero-order chi connectivity index (χ0) is 21.2. The maximum Gasteiger partial charge on any atom is 0.302 e. The number of ketones is 2. The zero-order valence-electron chi connectivity index (χ0n) is 18.5. The fourth-order valence-corrected chi connectivity index (χ4v) is 8.38. The third-order valence-corrected chi connectivity index (χ3v) is 9.76. The first-order valence-corrected chi connectivity index (χ1v) is 11.6. The third-order valence-electron chi connectivity index (χ3n) is 9.76. The van der Waals surface area contributed by atoms with Crippen LogP contribution >= 0.6 is 0 Å². The van der Waals surface area contributed by atoms with Gasteiger partial charge >= 0.3 is 5.97 Å². The Kier molecular flexibility index (Phi) is 4.87. The van der Waals surface area contributed by atoms with Gasteiger partial charge in [0.15, 0.2) is 11.6 Å². The van der Waals surface area contributed by atoms with Crippen LogP contribution in [-0.4, -0.2) is 24.1 Å². The number of esters is 1. The number of hydrogen-bond donors (Lipinski definition) is 0. The van der Waals surface area contributed by atoms with Crippen molar-refractivity contribution in [1.29, 1.82) is 0 Å². The van der Waals surface area contributed by atoms with Crippen LogP contribution in [0.5, 0.6) is 0 Å². The Hall–Kier alpha value is -1.45. The predicted molar refractivity (Wildman–Crippen MR) is 111 cm³/mol. The van der Waals surface area contributed by atoms with Gasteiger partial charge in [-0.15, -0.1) is 0 Å². The van der Waals surface area contributed by atoms with E-state index in [0.717, 1.165) is 44.9 Å². The SMILES string of the molecule is C=C1C(=O)C23CC[C@H]1CC2[C@]1(CC)CCC[C@@](C)(CC)C1C(COC(C)=O)C3=O. The van der Waals surface area contributed by atoms with E-state index in [0.29, 0.717) is 12.0 Å². The van der Waals surface area contributed by atoms with Gasteiger partial charge in [-0.25, -0.2) is 0 Å². The molecule has 5 fully saturated rings. The first-order valence-electron chi connectivity index (χ1n) is 11.6. The summed E-state index contributed by atoms with van der Waals surface area (Å²) in [7, 11) is 0. The van der Waals surface area contributed by atoms with Crippen LogP contribution in [0.4, 0.5) is 0 Å². The van der Waals surface area contributed by atoms with Gasteiger partial charge in [-0.2, -0.15) is 0 Å². The van der Waals surface area contributed by atoms with Crippen molar-refractivity contribution in [3.63, 3.8) is 0 Å². The van der Waals surface area contributed by atoms with Gasteiger partial charge in [0.05, 0.1) is 11.3 Å². The lowest BCUT2D eigenvalue weighted by atomic mass is 9.33. The quantitative estimate of drug-likeness (QED) is 0.382.